The van der Waals surface area contributed by atoms with Crippen LogP contribution in [0.3, 0.4) is 0 Å². The van der Waals surface area contributed by atoms with Gasteiger partial charge in [-0.1, -0.05) is 0 Å². The summed E-state index contributed by atoms with van der Waals surface area (Å²) in [5.74, 6) is -1.75. The molecule has 1 aliphatic rings. The van der Waals surface area contributed by atoms with E-state index in [2.05, 4.69) is 16.0 Å². The van der Waals surface area contributed by atoms with Gasteiger partial charge in [-0.3, -0.25) is 15.0 Å². The molecule has 1 saturated heterocycles. The lowest BCUT2D eigenvalue weighted by molar-refractivity contribution is -0.144. The highest BCUT2D eigenvalue weighted by Crippen LogP contribution is 2.24. The first-order chi connectivity index (χ1) is 11.9. The van der Waals surface area contributed by atoms with Gasteiger partial charge in [-0.15, -0.1) is 0 Å². The standard InChI is InChI=1S/C16H28N4O6/c1-6-17-13(24)18-11(21)10(2)20-8-7-16(9-20,12(22)23)19-14(25)26-15(3,4)5/h10H,6-9H2,1-5H3,(H,19,25)(H,22,23)(H2,17,18,21,24). The van der Waals surface area contributed by atoms with Gasteiger partial charge in [0.25, 0.3) is 0 Å². The number of ether oxygens (including phenoxy) is 1. The molecule has 148 valence electrons. The Morgan fingerprint density at radius 2 is 1.88 bits per heavy atom. The molecule has 0 spiro atoms. The molecule has 1 heterocycles. The van der Waals surface area contributed by atoms with Crippen molar-refractivity contribution < 1.29 is 29.0 Å². The maximum absolute atomic E-state index is 12.1. The molecule has 0 aliphatic carbocycles. The van der Waals surface area contributed by atoms with Crippen LogP contribution in [0.2, 0.25) is 0 Å². The van der Waals surface area contributed by atoms with Crippen molar-refractivity contribution in [1.29, 1.82) is 0 Å². The van der Waals surface area contributed by atoms with E-state index in [1.807, 2.05) is 0 Å². The summed E-state index contributed by atoms with van der Waals surface area (Å²) in [7, 11) is 0. The summed E-state index contributed by atoms with van der Waals surface area (Å²) in [6, 6.07) is -1.35. The zero-order valence-electron chi connectivity index (χ0n) is 15.8. The number of carbonyl (C=O) groups excluding carboxylic acids is 3. The molecule has 4 N–H and O–H groups in total. The van der Waals surface area contributed by atoms with Crippen molar-refractivity contribution >= 4 is 24.0 Å². The number of hydrogen-bond donors (Lipinski definition) is 4. The second kappa shape index (κ2) is 8.35. The molecule has 0 bridgehead atoms. The number of amides is 4. The number of hydrogen-bond acceptors (Lipinski definition) is 6. The Kier molecular flexibility index (Phi) is 6.96. The third kappa shape index (κ3) is 5.87. The third-order valence-corrected chi connectivity index (χ3v) is 3.95. The molecule has 10 nitrogen and oxygen atoms in total. The van der Waals surface area contributed by atoms with E-state index >= 15 is 0 Å². The van der Waals surface area contributed by atoms with Gasteiger partial charge in [0, 0.05) is 19.6 Å². The molecule has 2 unspecified atom stereocenters. The molecule has 0 aromatic heterocycles. The smallest absolute Gasteiger partial charge is 0.408 e. The number of rotatable bonds is 5. The molecule has 0 radical (unpaired) electrons. The minimum Gasteiger partial charge on any atom is -0.479 e. The van der Waals surface area contributed by atoms with E-state index < -0.39 is 41.2 Å². The van der Waals surface area contributed by atoms with E-state index in [1.165, 1.54) is 0 Å². The van der Waals surface area contributed by atoms with Crippen molar-refractivity contribution in [2.45, 2.75) is 58.2 Å². The van der Waals surface area contributed by atoms with Crippen molar-refractivity contribution in [2.75, 3.05) is 19.6 Å². The quantitative estimate of drug-likeness (QED) is 0.544. The topological polar surface area (TPSA) is 137 Å². The lowest BCUT2D eigenvalue weighted by atomic mass is 9.99. The Balaban J connectivity index is 2.77. The van der Waals surface area contributed by atoms with Gasteiger partial charge in [0.2, 0.25) is 5.91 Å². The van der Waals surface area contributed by atoms with Crippen molar-refractivity contribution in [2.24, 2.45) is 0 Å². The van der Waals surface area contributed by atoms with Gasteiger partial charge in [-0.05, 0) is 41.0 Å². The Labute approximate surface area is 152 Å². The number of urea groups is 1. The first-order valence-corrected chi connectivity index (χ1v) is 8.47. The molecule has 1 fully saturated rings. The highest BCUT2D eigenvalue weighted by atomic mass is 16.6. The Bertz CT molecular complexity index is 574. The maximum Gasteiger partial charge on any atom is 0.408 e. The van der Waals surface area contributed by atoms with Crippen LogP contribution >= 0.6 is 0 Å². The van der Waals surface area contributed by atoms with Gasteiger partial charge in [0.1, 0.15) is 5.60 Å². The molecule has 0 aromatic rings. The zero-order valence-corrected chi connectivity index (χ0v) is 15.8. The molecule has 10 heteroatoms. The van der Waals surface area contributed by atoms with Crippen molar-refractivity contribution in [3.05, 3.63) is 0 Å². The van der Waals surface area contributed by atoms with Crippen LogP contribution in [0.25, 0.3) is 0 Å². The Morgan fingerprint density at radius 3 is 2.38 bits per heavy atom. The lowest BCUT2D eigenvalue weighted by Crippen LogP contribution is -2.58. The SMILES string of the molecule is CCNC(=O)NC(=O)C(C)N1CCC(NC(=O)OC(C)(C)C)(C(=O)O)C1. The first kappa shape index (κ1) is 21.7. The average molecular weight is 372 g/mol. The van der Waals surface area contributed by atoms with Crippen LogP contribution in [0, 0.1) is 0 Å². The van der Waals surface area contributed by atoms with Crippen LogP contribution in [-0.4, -0.2) is 70.8 Å². The molecule has 1 aliphatic heterocycles. The molecule has 1 rings (SSSR count). The minimum absolute atomic E-state index is 0.0778. The summed E-state index contributed by atoms with van der Waals surface area (Å²) in [6.45, 7) is 8.88. The highest BCUT2D eigenvalue weighted by Gasteiger charge is 2.48. The third-order valence-electron chi connectivity index (χ3n) is 3.95. The summed E-state index contributed by atoms with van der Waals surface area (Å²) >= 11 is 0. The second-order valence-electron chi connectivity index (χ2n) is 7.26. The fourth-order valence-electron chi connectivity index (χ4n) is 2.59. The molecule has 0 aromatic carbocycles. The summed E-state index contributed by atoms with van der Waals surface area (Å²) in [4.78, 5) is 49.0. The van der Waals surface area contributed by atoms with E-state index in [0.29, 0.717) is 6.54 Å². The van der Waals surface area contributed by atoms with Crippen LogP contribution in [-0.2, 0) is 14.3 Å². The average Bonchev–Trinajstić information content (AvgIpc) is 2.89. The monoisotopic (exact) mass is 372 g/mol. The summed E-state index contributed by atoms with van der Waals surface area (Å²) < 4.78 is 5.13. The molecule has 2 atom stereocenters. The molecular formula is C16H28N4O6. The molecule has 26 heavy (non-hydrogen) atoms. The number of carboxylic acids is 1. The number of likely N-dealkylation sites (tertiary alicyclic amines) is 1. The predicted molar refractivity (Wildman–Crippen MR) is 92.6 cm³/mol. The van der Waals surface area contributed by atoms with Gasteiger partial charge < -0.3 is 20.5 Å². The van der Waals surface area contributed by atoms with Gasteiger partial charge in [-0.25, -0.2) is 14.4 Å². The number of carboxylic acid groups (broad SMARTS) is 1. The molecule has 0 saturated carbocycles. The lowest BCUT2D eigenvalue weighted by Gasteiger charge is -2.29. The fourth-order valence-corrected chi connectivity index (χ4v) is 2.59. The molecular weight excluding hydrogens is 344 g/mol. The van der Waals surface area contributed by atoms with E-state index in [4.69, 9.17) is 4.74 Å². The van der Waals surface area contributed by atoms with E-state index in [-0.39, 0.29) is 19.5 Å². The normalized spacial score (nSPS) is 21.6. The van der Waals surface area contributed by atoms with E-state index in [9.17, 15) is 24.3 Å². The van der Waals surface area contributed by atoms with E-state index in [1.54, 1.807) is 39.5 Å². The highest BCUT2D eigenvalue weighted by molar-refractivity contribution is 5.97. The van der Waals surface area contributed by atoms with Gasteiger partial charge >= 0.3 is 18.1 Å². The van der Waals surface area contributed by atoms with Crippen LogP contribution in [0.15, 0.2) is 0 Å². The largest absolute Gasteiger partial charge is 0.479 e. The first-order valence-electron chi connectivity index (χ1n) is 8.47. The van der Waals surface area contributed by atoms with Crippen LogP contribution in [0.5, 0.6) is 0 Å². The van der Waals surface area contributed by atoms with Gasteiger partial charge in [0.15, 0.2) is 5.54 Å². The minimum atomic E-state index is -1.55. The maximum atomic E-state index is 12.1. The van der Waals surface area contributed by atoms with Crippen LogP contribution < -0.4 is 16.0 Å². The molecule has 4 amide bonds. The van der Waals surface area contributed by atoms with Gasteiger partial charge in [0.05, 0.1) is 6.04 Å². The summed E-state index contributed by atoms with van der Waals surface area (Å²) in [5, 5.41) is 16.7. The van der Waals surface area contributed by atoms with Crippen molar-refractivity contribution in [3.63, 3.8) is 0 Å². The number of nitrogens with zero attached hydrogens (tertiary/aromatic N) is 1. The predicted octanol–water partition coefficient (Wildman–Crippen LogP) is 0.274. The number of nitrogens with one attached hydrogen (secondary N) is 3. The second-order valence-corrected chi connectivity index (χ2v) is 7.26. The van der Waals surface area contributed by atoms with Gasteiger partial charge in [-0.2, -0.15) is 0 Å². The number of imide groups is 1. The van der Waals surface area contributed by atoms with Crippen molar-refractivity contribution in [3.8, 4) is 0 Å². The van der Waals surface area contributed by atoms with Crippen LogP contribution in [0.4, 0.5) is 9.59 Å². The van der Waals surface area contributed by atoms with Crippen molar-refractivity contribution in [1.82, 2.24) is 20.9 Å². The van der Waals surface area contributed by atoms with E-state index in [0.717, 1.165) is 0 Å². The summed E-state index contributed by atoms with van der Waals surface area (Å²) in [5.41, 5.74) is -2.32. The Hall–Kier alpha value is -2.36. The Morgan fingerprint density at radius 1 is 1.27 bits per heavy atom. The van der Waals surface area contributed by atoms with Crippen LogP contribution in [0.1, 0.15) is 41.0 Å². The zero-order chi connectivity index (χ0) is 20.1. The number of carbonyl (C=O) groups is 4. The number of aliphatic carboxylic acids is 1. The fraction of sp³-hybridized carbons (Fsp3) is 0.750. The summed E-state index contributed by atoms with van der Waals surface area (Å²) in [6.07, 6.45) is -0.721. The number of alkyl carbamates (subject to hydrolysis) is 1.